The molecule has 0 aliphatic heterocycles. The van der Waals surface area contributed by atoms with Crippen LogP contribution in [0.4, 0.5) is 4.79 Å². The van der Waals surface area contributed by atoms with Gasteiger partial charge in [0.25, 0.3) is 0 Å². The van der Waals surface area contributed by atoms with E-state index in [0.717, 1.165) is 27.8 Å². The average Bonchev–Trinajstić information content (AvgIpc) is 3.22. The van der Waals surface area contributed by atoms with Crippen LogP contribution in [0.5, 0.6) is 0 Å². The van der Waals surface area contributed by atoms with Crippen LogP contribution < -0.4 is 10.6 Å². The van der Waals surface area contributed by atoms with Crippen molar-refractivity contribution in [2.45, 2.75) is 38.3 Å². The first-order chi connectivity index (χ1) is 17.9. The molecule has 3 aromatic rings. The summed E-state index contributed by atoms with van der Waals surface area (Å²) in [6, 6.07) is 23.9. The summed E-state index contributed by atoms with van der Waals surface area (Å²) >= 11 is 0. The molecule has 2 N–H and O–H groups in total. The lowest BCUT2D eigenvalue weighted by Crippen LogP contribution is -2.43. The maximum absolute atomic E-state index is 12.8. The standard InChI is InChI=1S/C29H28N2O6/c1-19(32)30-27(33)16-15-26(28(34)36-17-20-9-3-2-4-10-20)31-29(35)37-18-25-23-13-7-5-11-21(23)22-12-6-8-14-24(22)25/h2-14,25-26H,15-18H2,1H3,(H,31,35)(H,30,32,33)/t26-/m0/s1. The first-order valence-electron chi connectivity index (χ1n) is 12.0. The molecule has 0 bridgehead atoms. The van der Waals surface area contributed by atoms with E-state index in [2.05, 4.69) is 10.6 Å². The summed E-state index contributed by atoms with van der Waals surface area (Å²) in [6.07, 6.45) is -1.01. The summed E-state index contributed by atoms with van der Waals surface area (Å²) in [7, 11) is 0. The zero-order chi connectivity index (χ0) is 26.2. The number of hydrogen-bond donors (Lipinski definition) is 2. The van der Waals surface area contributed by atoms with Crippen LogP contribution in [0.25, 0.3) is 11.1 Å². The van der Waals surface area contributed by atoms with Crippen LogP contribution in [-0.4, -0.2) is 36.5 Å². The lowest BCUT2D eigenvalue weighted by molar-refractivity contribution is -0.147. The van der Waals surface area contributed by atoms with Crippen molar-refractivity contribution in [1.82, 2.24) is 10.6 Å². The van der Waals surface area contributed by atoms with Crippen molar-refractivity contribution in [3.05, 3.63) is 95.6 Å². The van der Waals surface area contributed by atoms with Crippen molar-refractivity contribution in [2.75, 3.05) is 6.61 Å². The first-order valence-corrected chi connectivity index (χ1v) is 12.0. The molecular weight excluding hydrogens is 472 g/mol. The van der Waals surface area contributed by atoms with Crippen LogP contribution in [-0.2, 0) is 30.5 Å². The van der Waals surface area contributed by atoms with E-state index in [1.54, 1.807) is 0 Å². The van der Waals surface area contributed by atoms with Crippen molar-refractivity contribution in [3.8, 4) is 11.1 Å². The molecule has 1 aliphatic carbocycles. The van der Waals surface area contributed by atoms with E-state index in [-0.39, 0.29) is 32.0 Å². The number of nitrogens with one attached hydrogen (secondary N) is 2. The fourth-order valence-corrected chi connectivity index (χ4v) is 4.39. The molecule has 1 atom stereocenters. The molecule has 0 fully saturated rings. The maximum Gasteiger partial charge on any atom is 0.407 e. The lowest BCUT2D eigenvalue weighted by atomic mass is 9.98. The minimum absolute atomic E-state index is 0.0161. The number of fused-ring (bicyclic) bond motifs is 3. The topological polar surface area (TPSA) is 111 Å². The first kappa shape index (κ1) is 25.6. The molecule has 0 radical (unpaired) electrons. The van der Waals surface area contributed by atoms with Gasteiger partial charge in [-0.25, -0.2) is 9.59 Å². The van der Waals surface area contributed by atoms with Crippen molar-refractivity contribution in [2.24, 2.45) is 0 Å². The summed E-state index contributed by atoms with van der Waals surface area (Å²) in [4.78, 5) is 48.6. The van der Waals surface area contributed by atoms with Crippen LogP contribution >= 0.6 is 0 Å². The van der Waals surface area contributed by atoms with Crippen molar-refractivity contribution < 1.29 is 28.7 Å². The Kier molecular flexibility index (Phi) is 8.30. The molecule has 0 saturated heterocycles. The van der Waals surface area contributed by atoms with E-state index >= 15 is 0 Å². The third-order valence-electron chi connectivity index (χ3n) is 6.12. The Labute approximate surface area is 215 Å². The lowest BCUT2D eigenvalue weighted by Gasteiger charge is -2.19. The number of hydrogen-bond acceptors (Lipinski definition) is 6. The Morgan fingerprint density at radius 2 is 1.41 bits per heavy atom. The summed E-state index contributed by atoms with van der Waals surface area (Å²) in [5, 5.41) is 4.69. The Hall–Kier alpha value is -4.46. The highest BCUT2D eigenvalue weighted by atomic mass is 16.6. The molecule has 1 aliphatic rings. The number of ether oxygens (including phenoxy) is 2. The molecule has 3 aromatic carbocycles. The van der Waals surface area contributed by atoms with E-state index in [0.29, 0.717) is 0 Å². The van der Waals surface area contributed by atoms with Gasteiger partial charge in [0.2, 0.25) is 11.8 Å². The Balaban J connectivity index is 1.39. The minimum atomic E-state index is -1.13. The second kappa shape index (κ2) is 12.0. The number of amides is 3. The molecule has 37 heavy (non-hydrogen) atoms. The normalized spacial score (nSPS) is 12.6. The van der Waals surface area contributed by atoms with E-state index < -0.39 is 29.9 Å². The molecule has 8 nitrogen and oxygen atoms in total. The van der Waals surface area contributed by atoms with Gasteiger partial charge >= 0.3 is 12.1 Å². The predicted molar refractivity (Wildman–Crippen MR) is 136 cm³/mol. The van der Waals surface area contributed by atoms with Gasteiger partial charge in [0, 0.05) is 19.3 Å². The van der Waals surface area contributed by atoms with Crippen LogP contribution in [0.3, 0.4) is 0 Å². The Bertz CT molecular complexity index is 1240. The van der Waals surface area contributed by atoms with Crippen molar-refractivity contribution >= 4 is 23.9 Å². The minimum Gasteiger partial charge on any atom is -0.459 e. The molecule has 0 heterocycles. The van der Waals surface area contributed by atoms with Gasteiger partial charge in [-0.1, -0.05) is 78.9 Å². The number of alkyl carbamates (subject to hydrolysis) is 1. The second-order valence-electron chi connectivity index (χ2n) is 8.76. The van der Waals surface area contributed by atoms with Gasteiger partial charge in [-0.15, -0.1) is 0 Å². The number of carbonyl (C=O) groups excluding carboxylic acids is 4. The molecule has 4 rings (SSSR count). The van der Waals surface area contributed by atoms with Crippen molar-refractivity contribution in [3.63, 3.8) is 0 Å². The largest absolute Gasteiger partial charge is 0.459 e. The smallest absolute Gasteiger partial charge is 0.407 e. The Morgan fingerprint density at radius 3 is 2.03 bits per heavy atom. The van der Waals surface area contributed by atoms with Gasteiger partial charge in [0.15, 0.2) is 0 Å². The molecule has 0 aromatic heterocycles. The van der Waals surface area contributed by atoms with Gasteiger partial charge in [-0.3, -0.25) is 14.9 Å². The van der Waals surface area contributed by atoms with Crippen molar-refractivity contribution in [1.29, 1.82) is 0 Å². The number of benzene rings is 3. The van der Waals surface area contributed by atoms with Gasteiger partial charge in [0.1, 0.15) is 19.3 Å². The Morgan fingerprint density at radius 1 is 0.811 bits per heavy atom. The number of carbonyl (C=O) groups is 4. The van der Waals surface area contributed by atoms with Gasteiger partial charge in [-0.2, -0.15) is 0 Å². The van der Waals surface area contributed by atoms with Gasteiger partial charge in [-0.05, 0) is 34.2 Å². The zero-order valence-electron chi connectivity index (χ0n) is 20.4. The highest BCUT2D eigenvalue weighted by Crippen LogP contribution is 2.44. The predicted octanol–water partition coefficient (Wildman–Crippen LogP) is 4.08. The van der Waals surface area contributed by atoms with E-state index in [1.165, 1.54) is 6.92 Å². The van der Waals surface area contributed by atoms with E-state index in [1.807, 2.05) is 78.9 Å². The fraction of sp³-hybridized carbons (Fsp3) is 0.241. The summed E-state index contributed by atoms with van der Waals surface area (Å²) in [6.45, 7) is 1.32. The fourth-order valence-electron chi connectivity index (χ4n) is 4.39. The molecule has 0 spiro atoms. The van der Waals surface area contributed by atoms with Crippen LogP contribution in [0.15, 0.2) is 78.9 Å². The van der Waals surface area contributed by atoms with E-state index in [4.69, 9.17) is 9.47 Å². The molecule has 190 valence electrons. The second-order valence-corrected chi connectivity index (χ2v) is 8.76. The van der Waals surface area contributed by atoms with Gasteiger partial charge < -0.3 is 14.8 Å². The molecule has 0 unspecified atom stereocenters. The van der Waals surface area contributed by atoms with Gasteiger partial charge in [0.05, 0.1) is 0 Å². The summed E-state index contributed by atoms with van der Waals surface area (Å²) < 4.78 is 10.9. The van der Waals surface area contributed by atoms with Crippen LogP contribution in [0, 0.1) is 0 Å². The average molecular weight is 501 g/mol. The van der Waals surface area contributed by atoms with Crippen LogP contribution in [0.2, 0.25) is 0 Å². The van der Waals surface area contributed by atoms with E-state index in [9.17, 15) is 19.2 Å². The zero-order valence-corrected chi connectivity index (χ0v) is 20.4. The molecule has 3 amide bonds. The van der Waals surface area contributed by atoms with Crippen LogP contribution in [0.1, 0.15) is 42.4 Å². The third-order valence-corrected chi connectivity index (χ3v) is 6.12. The molecule has 8 heteroatoms. The maximum atomic E-state index is 12.8. The monoisotopic (exact) mass is 500 g/mol. The highest BCUT2D eigenvalue weighted by Gasteiger charge is 2.30. The number of rotatable bonds is 9. The third kappa shape index (κ3) is 6.61. The summed E-state index contributed by atoms with van der Waals surface area (Å²) in [5.41, 5.74) is 5.12. The molecule has 0 saturated carbocycles. The summed E-state index contributed by atoms with van der Waals surface area (Å²) in [5.74, 6) is -1.89. The SMILES string of the molecule is CC(=O)NC(=O)CC[C@H](NC(=O)OCC1c2ccccc2-c2ccccc21)C(=O)OCc1ccccc1. The highest BCUT2D eigenvalue weighted by molar-refractivity contribution is 5.94. The number of imide groups is 1. The molecular formula is C29H28N2O6. The number of esters is 1. The quantitative estimate of drug-likeness (QED) is 0.429.